The van der Waals surface area contributed by atoms with Crippen molar-refractivity contribution >= 4 is 35.3 Å². The zero-order valence-corrected chi connectivity index (χ0v) is 16.8. The van der Waals surface area contributed by atoms with Gasteiger partial charge in [-0.25, -0.2) is 23.3 Å². The molecule has 0 aromatic carbocycles. The number of phosphoric acid groups is 3. The molecule has 1 aliphatic heterocycles. The molecule has 8 N–H and O–H groups in total. The van der Waals surface area contributed by atoms with E-state index < -0.39 is 59.7 Å². The van der Waals surface area contributed by atoms with E-state index in [1.54, 1.807) is 0 Å². The summed E-state index contributed by atoms with van der Waals surface area (Å²) in [5.41, 5.74) is 4.20. The van der Waals surface area contributed by atoms with Gasteiger partial charge in [0.2, 0.25) is 0 Å². The summed E-state index contributed by atoms with van der Waals surface area (Å²) in [5.74, 6) is -2.07. The van der Waals surface area contributed by atoms with Gasteiger partial charge in [0.1, 0.15) is 18.0 Å². The fourth-order valence-corrected chi connectivity index (χ4v) is 5.47. The molecule has 170 valence electrons. The Balaban J connectivity index is 2.29. The predicted octanol–water partition coefficient (Wildman–Crippen LogP) is -2.12. The zero-order chi connectivity index (χ0) is 23.1. The highest BCUT2D eigenvalue weighted by Gasteiger charge is 2.53. The van der Waals surface area contributed by atoms with Crippen molar-refractivity contribution in [1.29, 1.82) is 0 Å². The van der Waals surface area contributed by atoms with Crippen LogP contribution in [0.2, 0.25) is 0 Å². The molecule has 0 radical (unpaired) electrons. The summed E-state index contributed by atoms with van der Waals surface area (Å²) in [6.45, 7) is 0. The van der Waals surface area contributed by atoms with Gasteiger partial charge in [-0.3, -0.25) is 9.09 Å². The molecular weight excluding hydrogens is 483 g/mol. The van der Waals surface area contributed by atoms with E-state index in [0.717, 1.165) is 12.3 Å². The van der Waals surface area contributed by atoms with E-state index in [-0.39, 0.29) is 5.82 Å². The van der Waals surface area contributed by atoms with Crippen molar-refractivity contribution in [3.05, 3.63) is 22.7 Å². The molecule has 2 unspecified atom stereocenters. The average molecular weight is 497 g/mol. The molecule has 0 aliphatic carbocycles. The van der Waals surface area contributed by atoms with Crippen LogP contribution < -0.4 is 11.4 Å². The van der Waals surface area contributed by atoms with Gasteiger partial charge in [0.05, 0.1) is 0 Å². The van der Waals surface area contributed by atoms with Crippen molar-refractivity contribution in [2.45, 2.75) is 24.5 Å². The van der Waals surface area contributed by atoms with Gasteiger partial charge < -0.3 is 40.3 Å². The smallest absolute Gasteiger partial charge is 0.479 e. The van der Waals surface area contributed by atoms with Gasteiger partial charge in [0.25, 0.3) is 0 Å². The number of carbonyl (C=O) groups is 1. The van der Waals surface area contributed by atoms with Crippen molar-refractivity contribution in [1.82, 2.24) is 9.55 Å². The lowest BCUT2D eigenvalue weighted by molar-refractivity contribution is -0.155. The minimum Gasteiger partial charge on any atom is -0.479 e. The molecule has 30 heavy (non-hydrogen) atoms. The highest BCUT2D eigenvalue weighted by atomic mass is 31.3. The summed E-state index contributed by atoms with van der Waals surface area (Å²) in [7, 11) is -17.4. The fraction of sp³-hybridized carbons (Fsp3) is 0.444. The molecule has 0 spiro atoms. The highest BCUT2D eigenvalue weighted by molar-refractivity contribution is 7.66. The lowest BCUT2D eigenvalue weighted by atomic mass is 10.1. The molecule has 0 saturated carbocycles. The summed E-state index contributed by atoms with van der Waals surface area (Å²) in [6, 6.07) is 1.09. The van der Waals surface area contributed by atoms with Crippen molar-refractivity contribution in [3.8, 4) is 0 Å². The van der Waals surface area contributed by atoms with Crippen LogP contribution in [0.1, 0.15) is 6.23 Å². The SMILES string of the molecule is Nc1ccn([C@@H]2O[C@H](C(=O)O)[C@@H](OP(=O)(O)OP(=O)(O)OP(=O)(O)O)[C@H]2O)c(=O)n1. The molecule has 18 nitrogen and oxygen atoms in total. The summed E-state index contributed by atoms with van der Waals surface area (Å²) < 4.78 is 50.8. The molecule has 1 saturated heterocycles. The Hall–Kier alpha value is -1.52. The Kier molecular flexibility index (Phi) is 7.05. The second-order valence-corrected chi connectivity index (χ2v) is 9.85. The summed E-state index contributed by atoms with van der Waals surface area (Å²) in [5, 5.41) is 19.4. The molecule has 0 amide bonds. The Bertz CT molecular complexity index is 1020. The maximum absolute atomic E-state index is 11.9. The van der Waals surface area contributed by atoms with Crippen LogP contribution in [-0.2, 0) is 36.4 Å². The molecule has 1 aliphatic rings. The second-order valence-electron chi connectivity index (χ2n) is 5.48. The van der Waals surface area contributed by atoms with Gasteiger partial charge in [-0.05, 0) is 6.07 Å². The van der Waals surface area contributed by atoms with Crippen LogP contribution in [0, 0.1) is 0 Å². The topological polar surface area (TPSA) is 287 Å². The first-order valence-corrected chi connectivity index (χ1v) is 11.8. The van der Waals surface area contributed by atoms with E-state index in [1.165, 1.54) is 0 Å². The number of phosphoric ester groups is 1. The Morgan fingerprint density at radius 2 is 1.77 bits per heavy atom. The number of ether oxygens (including phenoxy) is 1. The normalized spacial score (nSPS) is 28.6. The van der Waals surface area contributed by atoms with Crippen LogP contribution in [0.5, 0.6) is 0 Å². The number of nitrogen functional groups attached to an aromatic ring is 1. The maximum atomic E-state index is 11.9. The van der Waals surface area contributed by atoms with E-state index in [0.29, 0.717) is 4.57 Å². The summed E-state index contributed by atoms with van der Waals surface area (Å²) in [4.78, 5) is 62.2. The van der Waals surface area contributed by atoms with Gasteiger partial charge in [0, 0.05) is 6.20 Å². The number of hydrogen-bond donors (Lipinski definition) is 7. The number of hydrogen-bond acceptors (Lipinski definition) is 12. The molecule has 2 rings (SSSR count). The molecule has 1 fully saturated rings. The molecule has 6 atom stereocenters. The van der Waals surface area contributed by atoms with Gasteiger partial charge in [-0.2, -0.15) is 13.6 Å². The number of nitrogens with zero attached hydrogens (tertiary/aromatic N) is 2. The van der Waals surface area contributed by atoms with Crippen molar-refractivity contribution in [3.63, 3.8) is 0 Å². The van der Waals surface area contributed by atoms with E-state index in [2.05, 4.69) is 18.1 Å². The van der Waals surface area contributed by atoms with Crippen molar-refractivity contribution < 1.29 is 66.2 Å². The van der Waals surface area contributed by atoms with Gasteiger partial charge >= 0.3 is 35.1 Å². The molecule has 1 aromatic heterocycles. The van der Waals surface area contributed by atoms with Crippen LogP contribution in [0.15, 0.2) is 17.1 Å². The molecule has 0 bridgehead atoms. The first-order chi connectivity index (χ1) is 13.5. The number of carboxylic acids is 1. The third-order valence-corrected chi connectivity index (χ3v) is 7.09. The van der Waals surface area contributed by atoms with Crippen molar-refractivity contribution in [2.24, 2.45) is 0 Å². The largest absolute Gasteiger partial charge is 0.490 e. The maximum Gasteiger partial charge on any atom is 0.490 e. The van der Waals surface area contributed by atoms with E-state index in [1.807, 2.05) is 0 Å². The number of anilines is 1. The lowest BCUT2D eigenvalue weighted by Gasteiger charge is -2.22. The Morgan fingerprint density at radius 3 is 2.27 bits per heavy atom. The molecule has 1 aromatic rings. The standard InChI is InChI=1S/C9H14N3O15P3/c10-3-1-2-12(9(16)11-3)7-4(13)5(6(24-7)8(14)15)25-29(20,21)27-30(22,23)26-28(17,18)19/h1-2,4-7,13H,(H,14,15)(H,20,21)(H,22,23)(H2,10,11,16)(H2,17,18,19)/t4-,5+,6+,7-/m1/s1. The average Bonchev–Trinajstić information content (AvgIpc) is 2.80. The minimum absolute atomic E-state index is 0.219. The fourth-order valence-electron chi connectivity index (χ4n) is 2.27. The quantitative estimate of drug-likeness (QED) is 0.189. The summed E-state index contributed by atoms with van der Waals surface area (Å²) >= 11 is 0. The predicted molar refractivity (Wildman–Crippen MR) is 89.2 cm³/mol. The number of aliphatic hydroxyl groups is 1. The number of aliphatic hydroxyl groups excluding tert-OH is 1. The monoisotopic (exact) mass is 497 g/mol. The Labute approximate surface area is 164 Å². The number of aliphatic carboxylic acids is 1. The number of carboxylic acid groups (broad SMARTS) is 1. The van der Waals surface area contributed by atoms with Crippen LogP contribution in [0.3, 0.4) is 0 Å². The number of rotatable bonds is 8. The van der Waals surface area contributed by atoms with E-state index in [9.17, 15) is 38.4 Å². The third-order valence-electron chi connectivity index (χ3n) is 3.25. The summed E-state index contributed by atoms with van der Waals surface area (Å²) in [6.07, 6.45) is -7.49. The lowest BCUT2D eigenvalue weighted by Crippen LogP contribution is -2.39. The first kappa shape index (κ1) is 24.7. The van der Waals surface area contributed by atoms with Gasteiger partial charge in [-0.1, -0.05) is 0 Å². The van der Waals surface area contributed by atoms with Gasteiger partial charge in [0.15, 0.2) is 12.3 Å². The number of nitrogens with two attached hydrogens (primary N) is 1. The van der Waals surface area contributed by atoms with Crippen LogP contribution >= 0.6 is 23.5 Å². The molecule has 21 heteroatoms. The highest BCUT2D eigenvalue weighted by Crippen LogP contribution is 2.67. The minimum atomic E-state index is -5.89. The van der Waals surface area contributed by atoms with Crippen molar-refractivity contribution in [2.75, 3.05) is 5.73 Å². The van der Waals surface area contributed by atoms with Gasteiger partial charge in [-0.15, -0.1) is 0 Å². The van der Waals surface area contributed by atoms with E-state index in [4.69, 9.17) is 25.2 Å². The Morgan fingerprint density at radius 1 is 1.17 bits per heavy atom. The zero-order valence-electron chi connectivity index (χ0n) is 14.1. The first-order valence-electron chi connectivity index (χ1n) is 7.24. The molecule has 2 heterocycles. The van der Waals surface area contributed by atoms with E-state index >= 15 is 0 Å². The van der Waals surface area contributed by atoms with Crippen LogP contribution in [0.4, 0.5) is 5.82 Å². The van der Waals surface area contributed by atoms with Crippen LogP contribution in [0.25, 0.3) is 0 Å². The third kappa shape index (κ3) is 6.24. The second kappa shape index (κ2) is 8.55. The molecular formula is C9H14N3O15P3. The number of aromatic nitrogens is 2. The van der Waals surface area contributed by atoms with Crippen LogP contribution in [-0.4, -0.2) is 63.6 Å².